The van der Waals surface area contributed by atoms with E-state index in [1.165, 1.54) is 0 Å². The van der Waals surface area contributed by atoms with E-state index in [-0.39, 0.29) is 25.1 Å². The summed E-state index contributed by atoms with van der Waals surface area (Å²) in [5.41, 5.74) is 0. The van der Waals surface area contributed by atoms with Gasteiger partial charge in [0, 0.05) is 12.6 Å². The van der Waals surface area contributed by atoms with E-state index < -0.39 is 12.1 Å². The zero-order valence-electron chi connectivity index (χ0n) is 9.02. The Morgan fingerprint density at radius 1 is 1.56 bits per heavy atom. The molecule has 0 bridgehead atoms. The summed E-state index contributed by atoms with van der Waals surface area (Å²) in [4.78, 5) is 24.1. The van der Waals surface area contributed by atoms with Gasteiger partial charge in [-0.1, -0.05) is 0 Å². The first-order valence-electron chi connectivity index (χ1n) is 5.53. The van der Waals surface area contributed by atoms with Crippen LogP contribution in [0, 0.1) is 0 Å². The van der Waals surface area contributed by atoms with Crippen molar-refractivity contribution in [3.63, 3.8) is 0 Å². The number of carbonyl (C=O) groups excluding carboxylic acids is 1. The second-order valence-corrected chi connectivity index (χ2v) is 4.18. The number of nitrogens with zero attached hydrogens (tertiary/aromatic N) is 1. The number of aliphatic carboxylic acids is 1. The number of carbonyl (C=O) groups is 2. The first-order valence-corrected chi connectivity index (χ1v) is 5.53. The van der Waals surface area contributed by atoms with Crippen LogP contribution in [0.25, 0.3) is 0 Å². The standard InChI is InChI=1S/C10H16N2O4/c13-9-6-16-8(10(14)15)5-12(9)7-2-1-3-11-4-7/h7-8,11H,1-6H2,(H,14,15). The Morgan fingerprint density at radius 2 is 2.38 bits per heavy atom. The molecule has 2 atom stereocenters. The van der Waals surface area contributed by atoms with Crippen molar-refractivity contribution in [2.75, 3.05) is 26.2 Å². The lowest BCUT2D eigenvalue weighted by Gasteiger charge is -2.38. The molecule has 90 valence electrons. The van der Waals surface area contributed by atoms with Gasteiger partial charge in [-0.2, -0.15) is 0 Å². The minimum absolute atomic E-state index is 0.105. The van der Waals surface area contributed by atoms with E-state index in [2.05, 4.69) is 5.32 Å². The average molecular weight is 228 g/mol. The Morgan fingerprint density at radius 3 is 3.00 bits per heavy atom. The minimum Gasteiger partial charge on any atom is -0.479 e. The number of amides is 1. The highest BCUT2D eigenvalue weighted by Gasteiger charge is 2.35. The molecule has 2 N–H and O–H groups in total. The van der Waals surface area contributed by atoms with Gasteiger partial charge in [-0.25, -0.2) is 4.79 Å². The van der Waals surface area contributed by atoms with Gasteiger partial charge in [0.2, 0.25) is 5.91 Å². The number of rotatable bonds is 2. The lowest BCUT2D eigenvalue weighted by atomic mass is 10.0. The smallest absolute Gasteiger partial charge is 0.334 e. The van der Waals surface area contributed by atoms with E-state index >= 15 is 0 Å². The molecule has 6 heteroatoms. The molecule has 2 fully saturated rings. The summed E-state index contributed by atoms with van der Waals surface area (Å²) in [6.07, 6.45) is 1.08. The van der Waals surface area contributed by atoms with Gasteiger partial charge >= 0.3 is 5.97 Å². The monoisotopic (exact) mass is 228 g/mol. The van der Waals surface area contributed by atoms with E-state index in [0.717, 1.165) is 25.9 Å². The number of carboxylic acids is 1. The van der Waals surface area contributed by atoms with Crippen molar-refractivity contribution in [3.05, 3.63) is 0 Å². The highest BCUT2D eigenvalue weighted by molar-refractivity contribution is 5.81. The first-order chi connectivity index (χ1) is 7.68. The molecule has 2 saturated heterocycles. The van der Waals surface area contributed by atoms with E-state index in [4.69, 9.17) is 9.84 Å². The highest BCUT2D eigenvalue weighted by Crippen LogP contribution is 2.15. The Hall–Kier alpha value is -1.14. The number of piperidine rings is 1. The maximum absolute atomic E-state index is 11.6. The Balaban J connectivity index is 1.99. The van der Waals surface area contributed by atoms with Crippen molar-refractivity contribution in [1.82, 2.24) is 10.2 Å². The van der Waals surface area contributed by atoms with Gasteiger partial charge in [-0.05, 0) is 19.4 Å². The fourth-order valence-corrected chi connectivity index (χ4v) is 2.19. The summed E-state index contributed by atoms with van der Waals surface area (Å²) in [5.74, 6) is -1.10. The van der Waals surface area contributed by atoms with Gasteiger partial charge in [0.15, 0.2) is 6.10 Å². The largest absolute Gasteiger partial charge is 0.479 e. The van der Waals surface area contributed by atoms with Gasteiger partial charge in [0.25, 0.3) is 0 Å². The van der Waals surface area contributed by atoms with Gasteiger partial charge in [-0.3, -0.25) is 4.79 Å². The maximum Gasteiger partial charge on any atom is 0.334 e. The third-order valence-electron chi connectivity index (χ3n) is 3.08. The quantitative estimate of drug-likeness (QED) is 0.637. The number of nitrogens with one attached hydrogen (secondary N) is 1. The predicted molar refractivity (Wildman–Crippen MR) is 55.0 cm³/mol. The summed E-state index contributed by atoms with van der Waals surface area (Å²) < 4.78 is 4.96. The maximum atomic E-state index is 11.6. The second kappa shape index (κ2) is 4.80. The van der Waals surface area contributed by atoms with Crippen LogP contribution in [-0.4, -0.2) is 60.3 Å². The van der Waals surface area contributed by atoms with E-state index in [1.54, 1.807) is 4.90 Å². The third kappa shape index (κ3) is 2.33. The molecule has 0 radical (unpaired) electrons. The highest BCUT2D eigenvalue weighted by atomic mass is 16.5. The molecule has 0 aromatic carbocycles. The molecule has 0 aromatic heterocycles. The predicted octanol–water partition coefficient (Wildman–Crippen LogP) is -0.950. The van der Waals surface area contributed by atoms with Gasteiger partial charge in [0.05, 0.1) is 6.54 Å². The summed E-state index contributed by atoms with van der Waals surface area (Å²) in [7, 11) is 0. The SMILES string of the molecule is O=C(O)C1CN(C2CCCNC2)C(=O)CO1. The molecule has 16 heavy (non-hydrogen) atoms. The molecule has 2 rings (SSSR count). The lowest BCUT2D eigenvalue weighted by Crippen LogP contribution is -2.57. The van der Waals surface area contributed by atoms with Gasteiger partial charge in [-0.15, -0.1) is 0 Å². The second-order valence-electron chi connectivity index (χ2n) is 4.18. The fraction of sp³-hybridized carbons (Fsp3) is 0.800. The van der Waals surface area contributed by atoms with E-state index in [1.807, 2.05) is 0 Å². The Bertz CT molecular complexity index is 289. The molecule has 2 aliphatic rings. The van der Waals surface area contributed by atoms with Crippen molar-refractivity contribution in [2.24, 2.45) is 0 Å². The number of hydrogen-bond acceptors (Lipinski definition) is 4. The summed E-state index contributed by atoms with van der Waals surface area (Å²) in [6, 6.07) is 0.118. The van der Waals surface area contributed by atoms with Crippen LogP contribution >= 0.6 is 0 Å². The molecule has 2 aliphatic heterocycles. The number of carboxylic acid groups (broad SMARTS) is 1. The summed E-state index contributed by atoms with van der Waals surface area (Å²) in [6.45, 7) is 1.77. The van der Waals surface area contributed by atoms with Crippen molar-refractivity contribution >= 4 is 11.9 Å². The van der Waals surface area contributed by atoms with Crippen LogP contribution in [-0.2, 0) is 14.3 Å². The molecule has 2 unspecified atom stereocenters. The molecule has 6 nitrogen and oxygen atoms in total. The molecule has 0 saturated carbocycles. The fourth-order valence-electron chi connectivity index (χ4n) is 2.19. The molecule has 1 amide bonds. The first kappa shape index (κ1) is 11.3. The van der Waals surface area contributed by atoms with Crippen LogP contribution < -0.4 is 5.32 Å². The van der Waals surface area contributed by atoms with Crippen molar-refractivity contribution in [1.29, 1.82) is 0 Å². The number of hydrogen-bond donors (Lipinski definition) is 2. The zero-order chi connectivity index (χ0) is 11.5. The van der Waals surface area contributed by atoms with Gasteiger partial charge in [0.1, 0.15) is 6.61 Å². The van der Waals surface area contributed by atoms with Crippen LogP contribution in [0.3, 0.4) is 0 Å². The van der Waals surface area contributed by atoms with E-state index in [0.29, 0.717) is 0 Å². The van der Waals surface area contributed by atoms with Crippen LogP contribution in [0.4, 0.5) is 0 Å². The van der Waals surface area contributed by atoms with E-state index in [9.17, 15) is 9.59 Å². The third-order valence-corrected chi connectivity index (χ3v) is 3.08. The van der Waals surface area contributed by atoms with Crippen LogP contribution in [0.2, 0.25) is 0 Å². The minimum atomic E-state index is -0.999. The molecule has 0 aromatic rings. The van der Waals surface area contributed by atoms with Gasteiger partial charge < -0.3 is 20.1 Å². The Labute approximate surface area is 93.6 Å². The normalized spacial score (nSPS) is 31.5. The molecular weight excluding hydrogens is 212 g/mol. The molecule has 2 heterocycles. The average Bonchev–Trinajstić information content (AvgIpc) is 2.30. The van der Waals surface area contributed by atoms with Crippen molar-refractivity contribution in [2.45, 2.75) is 25.0 Å². The number of morpholine rings is 1. The van der Waals surface area contributed by atoms with Crippen molar-refractivity contribution in [3.8, 4) is 0 Å². The number of ether oxygens (including phenoxy) is 1. The topological polar surface area (TPSA) is 78.9 Å². The molecular formula is C10H16N2O4. The van der Waals surface area contributed by atoms with Crippen LogP contribution in [0.5, 0.6) is 0 Å². The molecule has 0 aliphatic carbocycles. The van der Waals surface area contributed by atoms with Crippen LogP contribution in [0.15, 0.2) is 0 Å². The summed E-state index contributed by atoms with van der Waals surface area (Å²) >= 11 is 0. The zero-order valence-corrected chi connectivity index (χ0v) is 9.02. The van der Waals surface area contributed by atoms with Crippen LogP contribution in [0.1, 0.15) is 12.8 Å². The Kier molecular flexibility index (Phi) is 3.40. The summed E-state index contributed by atoms with van der Waals surface area (Å²) in [5, 5.41) is 12.1. The van der Waals surface area contributed by atoms with Crippen molar-refractivity contribution < 1.29 is 19.4 Å². The lowest BCUT2D eigenvalue weighted by molar-refractivity contribution is -0.167. The molecule has 0 spiro atoms.